The van der Waals surface area contributed by atoms with Crippen molar-refractivity contribution in [3.05, 3.63) is 24.3 Å². The summed E-state index contributed by atoms with van der Waals surface area (Å²) in [6, 6.07) is 0. The number of halogens is 1. The molecule has 0 bridgehead atoms. The Morgan fingerprint density at radius 1 is 1.55 bits per heavy atom. The monoisotopic (exact) mass is 174 g/mol. The van der Waals surface area contributed by atoms with Crippen molar-refractivity contribution in [2.75, 3.05) is 12.5 Å². The number of hydrogen-bond donors (Lipinski definition) is 0. The van der Waals surface area contributed by atoms with E-state index >= 15 is 0 Å². The minimum Gasteiger partial charge on any atom is -0.461 e. The Morgan fingerprint density at radius 2 is 2.27 bits per heavy atom. The highest BCUT2D eigenvalue weighted by Crippen LogP contribution is 1.84. The molecular formula is C8H11ClO2. The normalized spacial score (nSPS) is 11.1. The van der Waals surface area contributed by atoms with E-state index in [9.17, 15) is 4.79 Å². The van der Waals surface area contributed by atoms with Gasteiger partial charge in [0.25, 0.3) is 0 Å². The van der Waals surface area contributed by atoms with E-state index in [1.807, 2.05) is 25.2 Å². The van der Waals surface area contributed by atoms with E-state index in [4.69, 9.17) is 11.6 Å². The summed E-state index contributed by atoms with van der Waals surface area (Å²) in [5, 5.41) is 0. The van der Waals surface area contributed by atoms with E-state index in [-0.39, 0.29) is 12.5 Å². The maximum absolute atomic E-state index is 10.4. The lowest BCUT2D eigenvalue weighted by Gasteiger charge is -1.94. The van der Waals surface area contributed by atoms with Gasteiger partial charge in [0, 0.05) is 0 Å². The first-order valence-electron chi connectivity index (χ1n) is 3.30. The van der Waals surface area contributed by atoms with Crippen LogP contribution < -0.4 is 0 Å². The van der Waals surface area contributed by atoms with Crippen LogP contribution in [0.25, 0.3) is 0 Å². The van der Waals surface area contributed by atoms with E-state index in [0.29, 0.717) is 0 Å². The quantitative estimate of drug-likeness (QED) is 0.370. The lowest BCUT2D eigenvalue weighted by molar-refractivity contribution is -0.139. The zero-order valence-corrected chi connectivity index (χ0v) is 7.17. The number of carbonyl (C=O) groups is 1. The third-order valence-electron chi connectivity index (χ3n) is 0.889. The molecule has 0 spiro atoms. The zero-order valence-electron chi connectivity index (χ0n) is 6.42. The predicted octanol–water partition coefficient (Wildman–Crippen LogP) is 1.90. The van der Waals surface area contributed by atoms with Gasteiger partial charge >= 0.3 is 5.97 Å². The summed E-state index contributed by atoms with van der Waals surface area (Å²) in [4.78, 5) is 10.4. The van der Waals surface area contributed by atoms with Crippen molar-refractivity contribution in [2.45, 2.75) is 6.92 Å². The van der Waals surface area contributed by atoms with Crippen molar-refractivity contribution in [3.63, 3.8) is 0 Å². The fourth-order valence-corrected chi connectivity index (χ4v) is 0.502. The van der Waals surface area contributed by atoms with Gasteiger partial charge in [-0.05, 0) is 13.0 Å². The summed E-state index contributed by atoms with van der Waals surface area (Å²) in [5.41, 5.74) is 0. The fourth-order valence-electron chi connectivity index (χ4n) is 0.425. The Bertz CT molecular complexity index is 161. The predicted molar refractivity (Wildman–Crippen MR) is 45.6 cm³/mol. The fraction of sp³-hybridized carbons (Fsp3) is 0.375. The van der Waals surface area contributed by atoms with Gasteiger partial charge < -0.3 is 4.74 Å². The molecule has 0 saturated heterocycles. The van der Waals surface area contributed by atoms with Crippen LogP contribution in [-0.2, 0) is 9.53 Å². The Labute approximate surface area is 71.5 Å². The molecule has 2 nitrogen and oxygen atoms in total. The van der Waals surface area contributed by atoms with E-state index in [0.717, 1.165) is 0 Å². The second-order valence-electron chi connectivity index (χ2n) is 1.77. The molecule has 0 aromatic rings. The summed E-state index contributed by atoms with van der Waals surface area (Å²) in [5.74, 6) is -0.478. The molecule has 0 unspecified atom stereocenters. The van der Waals surface area contributed by atoms with Gasteiger partial charge in [-0.2, -0.15) is 0 Å². The number of ether oxygens (including phenoxy) is 1. The summed E-state index contributed by atoms with van der Waals surface area (Å²) >= 11 is 5.18. The van der Waals surface area contributed by atoms with Crippen molar-refractivity contribution in [1.82, 2.24) is 0 Å². The van der Waals surface area contributed by atoms with Gasteiger partial charge in [-0.15, -0.1) is 11.6 Å². The topological polar surface area (TPSA) is 26.3 Å². The summed E-state index contributed by atoms with van der Waals surface area (Å²) in [6.45, 7) is 2.20. The summed E-state index contributed by atoms with van der Waals surface area (Å²) in [7, 11) is 0. The van der Waals surface area contributed by atoms with Crippen LogP contribution in [-0.4, -0.2) is 18.5 Å². The van der Waals surface area contributed by atoms with Crippen LogP contribution in [0.4, 0.5) is 0 Å². The molecule has 0 fully saturated rings. The van der Waals surface area contributed by atoms with Crippen LogP contribution in [0.1, 0.15) is 6.92 Å². The molecule has 0 amide bonds. The standard InChI is InChI=1S/C8H11ClO2/c1-2-3-4-5-6-11-8(10)7-9/h2-5H,6-7H2,1H3. The average molecular weight is 175 g/mol. The second-order valence-corrected chi connectivity index (χ2v) is 2.04. The first-order valence-corrected chi connectivity index (χ1v) is 3.84. The molecule has 0 atom stereocenters. The first-order chi connectivity index (χ1) is 5.31. The second kappa shape index (κ2) is 7.35. The zero-order chi connectivity index (χ0) is 8.53. The molecule has 62 valence electrons. The number of esters is 1. The van der Waals surface area contributed by atoms with Gasteiger partial charge in [-0.1, -0.05) is 18.2 Å². The third kappa shape index (κ3) is 7.13. The van der Waals surface area contributed by atoms with E-state index in [2.05, 4.69) is 4.74 Å². The smallest absolute Gasteiger partial charge is 0.321 e. The van der Waals surface area contributed by atoms with E-state index in [1.54, 1.807) is 6.08 Å². The summed E-state index contributed by atoms with van der Waals surface area (Å²) in [6.07, 6.45) is 7.29. The van der Waals surface area contributed by atoms with Crippen LogP contribution in [0, 0.1) is 0 Å². The number of alkyl halides is 1. The van der Waals surface area contributed by atoms with Crippen LogP contribution >= 0.6 is 11.6 Å². The number of hydrogen-bond acceptors (Lipinski definition) is 2. The molecule has 0 saturated carbocycles. The maximum Gasteiger partial charge on any atom is 0.321 e. The van der Waals surface area contributed by atoms with Gasteiger partial charge in [0.05, 0.1) is 0 Å². The highest BCUT2D eigenvalue weighted by molar-refractivity contribution is 6.26. The molecule has 0 radical (unpaired) electrons. The van der Waals surface area contributed by atoms with Gasteiger partial charge in [0.2, 0.25) is 0 Å². The van der Waals surface area contributed by atoms with Crippen LogP contribution in [0.5, 0.6) is 0 Å². The molecule has 0 N–H and O–H groups in total. The molecule has 0 aromatic heterocycles. The van der Waals surface area contributed by atoms with E-state index < -0.39 is 5.97 Å². The molecule has 0 heterocycles. The van der Waals surface area contributed by atoms with Crippen molar-refractivity contribution in [1.29, 1.82) is 0 Å². The number of rotatable bonds is 4. The van der Waals surface area contributed by atoms with Gasteiger partial charge in [0.1, 0.15) is 12.5 Å². The van der Waals surface area contributed by atoms with Crippen LogP contribution in [0.2, 0.25) is 0 Å². The van der Waals surface area contributed by atoms with Crippen molar-refractivity contribution < 1.29 is 9.53 Å². The molecule has 0 aromatic carbocycles. The Morgan fingerprint density at radius 3 is 2.82 bits per heavy atom. The molecule has 3 heteroatoms. The molecular weight excluding hydrogens is 164 g/mol. The maximum atomic E-state index is 10.4. The van der Waals surface area contributed by atoms with Gasteiger partial charge in [-0.3, -0.25) is 4.79 Å². The third-order valence-corrected chi connectivity index (χ3v) is 1.11. The Hall–Kier alpha value is -0.760. The largest absolute Gasteiger partial charge is 0.461 e. The highest BCUT2D eigenvalue weighted by atomic mass is 35.5. The molecule has 0 aliphatic carbocycles. The van der Waals surface area contributed by atoms with E-state index in [1.165, 1.54) is 0 Å². The molecule has 0 rings (SSSR count). The average Bonchev–Trinajstić information content (AvgIpc) is 2.04. The number of carbonyl (C=O) groups excluding carboxylic acids is 1. The summed E-state index contributed by atoms with van der Waals surface area (Å²) < 4.78 is 4.65. The lowest BCUT2D eigenvalue weighted by atomic mass is 10.4. The molecule has 0 aliphatic rings. The minimum atomic E-state index is -0.392. The lowest BCUT2D eigenvalue weighted by Crippen LogP contribution is -2.04. The molecule has 0 aliphatic heterocycles. The van der Waals surface area contributed by atoms with Crippen molar-refractivity contribution in [3.8, 4) is 0 Å². The number of allylic oxidation sites excluding steroid dienone is 3. The highest BCUT2D eigenvalue weighted by Gasteiger charge is 1.94. The Balaban J connectivity index is 3.33. The SMILES string of the molecule is CC=CC=CCOC(=O)CCl. The van der Waals surface area contributed by atoms with Crippen LogP contribution in [0.3, 0.4) is 0 Å². The molecule has 11 heavy (non-hydrogen) atoms. The first kappa shape index (κ1) is 10.2. The van der Waals surface area contributed by atoms with Gasteiger partial charge in [0.15, 0.2) is 0 Å². The van der Waals surface area contributed by atoms with Crippen molar-refractivity contribution in [2.24, 2.45) is 0 Å². The van der Waals surface area contributed by atoms with Crippen LogP contribution in [0.15, 0.2) is 24.3 Å². The Kier molecular flexibility index (Phi) is 6.84. The van der Waals surface area contributed by atoms with Gasteiger partial charge in [-0.25, -0.2) is 0 Å². The minimum absolute atomic E-state index is 0.0859. The van der Waals surface area contributed by atoms with Crippen molar-refractivity contribution >= 4 is 17.6 Å².